The summed E-state index contributed by atoms with van der Waals surface area (Å²) in [7, 11) is 0. The van der Waals surface area contributed by atoms with E-state index < -0.39 is 0 Å². The van der Waals surface area contributed by atoms with Crippen molar-refractivity contribution in [2.45, 2.75) is 98.8 Å². The fraction of sp³-hybridized carbons (Fsp3) is 1.00. The number of unbranched alkanes of at least 4 members (excludes halogenated alkanes) is 1. The van der Waals surface area contributed by atoms with E-state index in [-0.39, 0.29) is 0 Å². The molecule has 134 valence electrons. The van der Waals surface area contributed by atoms with Crippen molar-refractivity contribution < 1.29 is 15.2 Å². The topological polar surface area (TPSA) is 38.7 Å². The van der Waals surface area contributed by atoms with Crippen LogP contribution in [0.15, 0.2) is 0 Å². The summed E-state index contributed by atoms with van der Waals surface area (Å²) in [6, 6.07) is 0. The van der Waals surface area contributed by atoms with Crippen LogP contribution in [0.25, 0.3) is 0 Å². The SMILES string of the molecule is CCC[C@H](C)CC[C@H](CCCCC(C)(C)CCC)COOO. The molecule has 0 aromatic heterocycles. The van der Waals surface area contributed by atoms with Gasteiger partial charge in [-0.15, -0.1) is 0 Å². The highest BCUT2D eigenvalue weighted by molar-refractivity contribution is 4.69. The first-order valence-electron chi connectivity index (χ1n) is 9.38. The van der Waals surface area contributed by atoms with Crippen LogP contribution in [0.5, 0.6) is 0 Å². The molecule has 0 saturated carbocycles. The van der Waals surface area contributed by atoms with Gasteiger partial charge in [0.2, 0.25) is 0 Å². The van der Waals surface area contributed by atoms with Crippen LogP contribution in [0, 0.1) is 17.3 Å². The van der Waals surface area contributed by atoms with Crippen LogP contribution in [0.2, 0.25) is 0 Å². The fourth-order valence-electron chi connectivity index (χ4n) is 3.43. The van der Waals surface area contributed by atoms with Crippen molar-refractivity contribution in [1.82, 2.24) is 0 Å². The zero-order chi connectivity index (χ0) is 16.8. The average molecular weight is 317 g/mol. The molecule has 0 aliphatic heterocycles. The molecule has 0 radical (unpaired) electrons. The van der Waals surface area contributed by atoms with Gasteiger partial charge >= 0.3 is 0 Å². The molecule has 0 unspecified atom stereocenters. The molecule has 0 amide bonds. The van der Waals surface area contributed by atoms with Crippen molar-refractivity contribution in [3.05, 3.63) is 0 Å². The molecule has 0 aliphatic carbocycles. The van der Waals surface area contributed by atoms with Gasteiger partial charge in [-0.1, -0.05) is 78.2 Å². The van der Waals surface area contributed by atoms with Crippen LogP contribution < -0.4 is 0 Å². The Morgan fingerprint density at radius 2 is 1.64 bits per heavy atom. The third-order valence-corrected chi connectivity index (χ3v) is 4.85. The van der Waals surface area contributed by atoms with Gasteiger partial charge in [0, 0.05) is 0 Å². The summed E-state index contributed by atoms with van der Waals surface area (Å²) in [6.45, 7) is 12.1. The maximum absolute atomic E-state index is 8.39. The third-order valence-electron chi connectivity index (χ3n) is 4.85. The Hall–Kier alpha value is -0.120. The van der Waals surface area contributed by atoms with E-state index in [1.54, 1.807) is 0 Å². The van der Waals surface area contributed by atoms with Gasteiger partial charge in [0.25, 0.3) is 0 Å². The highest BCUT2D eigenvalue weighted by Crippen LogP contribution is 2.30. The Morgan fingerprint density at radius 1 is 0.909 bits per heavy atom. The Labute approximate surface area is 138 Å². The van der Waals surface area contributed by atoms with Crippen LogP contribution in [0.1, 0.15) is 98.8 Å². The molecule has 0 spiro atoms. The van der Waals surface area contributed by atoms with E-state index in [0.717, 1.165) is 5.92 Å². The summed E-state index contributed by atoms with van der Waals surface area (Å²) in [5, 5.41) is 12.2. The van der Waals surface area contributed by atoms with Crippen molar-refractivity contribution in [3.8, 4) is 0 Å². The Balaban J connectivity index is 3.98. The van der Waals surface area contributed by atoms with Crippen molar-refractivity contribution in [1.29, 1.82) is 0 Å². The first-order valence-corrected chi connectivity index (χ1v) is 9.38. The molecule has 0 aromatic rings. The maximum Gasteiger partial charge on any atom is 0.0881 e. The van der Waals surface area contributed by atoms with E-state index in [9.17, 15) is 0 Å². The minimum Gasteiger partial charge on any atom is -0.221 e. The van der Waals surface area contributed by atoms with E-state index >= 15 is 0 Å². The summed E-state index contributed by atoms with van der Waals surface area (Å²) in [6.07, 6.45) is 12.6. The summed E-state index contributed by atoms with van der Waals surface area (Å²) in [5.74, 6) is 1.28. The molecule has 0 bridgehead atoms. The Bertz CT molecular complexity index is 241. The van der Waals surface area contributed by atoms with Gasteiger partial charge in [-0.2, -0.15) is 0 Å². The normalized spacial score (nSPS) is 15.0. The van der Waals surface area contributed by atoms with Crippen LogP contribution in [-0.2, 0) is 9.93 Å². The first-order chi connectivity index (χ1) is 10.4. The monoisotopic (exact) mass is 316 g/mol. The van der Waals surface area contributed by atoms with Gasteiger partial charge in [-0.05, 0) is 42.9 Å². The molecule has 2 atom stereocenters. The lowest BCUT2D eigenvalue weighted by atomic mass is 9.82. The second kappa shape index (κ2) is 13.3. The predicted octanol–water partition coefficient (Wildman–Crippen LogP) is 6.63. The molecule has 0 fully saturated rings. The summed E-state index contributed by atoms with van der Waals surface area (Å²) in [5.41, 5.74) is 0.477. The first kappa shape index (κ1) is 21.9. The summed E-state index contributed by atoms with van der Waals surface area (Å²) >= 11 is 0. The fourth-order valence-corrected chi connectivity index (χ4v) is 3.43. The second-order valence-electron chi connectivity index (χ2n) is 7.86. The van der Waals surface area contributed by atoms with Crippen molar-refractivity contribution in [2.75, 3.05) is 6.61 Å². The molecule has 0 rings (SSSR count). The largest absolute Gasteiger partial charge is 0.221 e. The van der Waals surface area contributed by atoms with Gasteiger partial charge in [-0.3, -0.25) is 0 Å². The average Bonchev–Trinajstić information content (AvgIpc) is 2.45. The van der Waals surface area contributed by atoms with Crippen LogP contribution in [-0.4, -0.2) is 11.9 Å². The highest BCUT2D eigenvalue weighted by atomic mass is 17.5. The van der Waals surface area contributed by atoms with Gasteiger partial charge in [0.15, 0.2) is 0 Å². The van der Waals surface area contributed by atoms with Crippen molar-refractivity contribution in [3.63, 3.8) is 0 Å². The van der Waals surface area contributed by atoms with E-state index in [4.69, 9.17) is 10.1 Å². The molecule has 0 saturated heterocycles. The molecule has 3 nitrogen and oxygen atoms in total. The minimum absolute atomic E-state index is 0.477. The number of hydrogen-bond donors (Lipinski definition) is 1. The van der Waals surface area contributed by atoms with Crippen LogP contribution in [0.4, 0.5) is 0 Å². The third kappa shape index (κ3) is 12.4. The Morgan fingerprint density at radius 3 is 2.23 bits per heavy atom. The molecular weight excluding hydrogens is 276 g/mol. The molecule has 0 heterocycles. The van der Waals surface area contributed by atoms with Crippen molar-refractivity contribution >= 4 is 0 Å². The van der Waals surface area contributed by atoms with E-state index in [2.05, 4.69) is 39.7 Å². The van der Waals surface area contributed by atoms with E-state index in [1.807, 2.05) is 0 Å². The lowest BCUT2D eigenvalue weighted by Gasteiger charge is -2.24. The zero-order valence-corrected chi connectivity index (χ0v) is 15.7. The second-order valence-corrected chi connectivity index (χ2v) is 7.86. The maximum atomic E-state index is 8.39. The zero-order valence-electron chi connectivity index (χ0n) is 15.7. The quantitative estimate of drug-likeness (QED) is 0.209. The van der Waals surface area contributed by atoms with Gasteiger partial charge < -0.3 is 0 Å². The molecule has 0 aromatic carbocycles. The predicted molar refractivity (Wildman–Crippen MR) is 93.6 cm³/mol. The Kier molecular flexibility index (Phi) is 13.3. The molecule has 22 heavy (non-hydrogen) atoms. The van der Waals surface area contributed by atoms with Crippen LogP contribution in [0.3, 0.4) is 0 Å². The van der Waals surface area contributed by atoms with Gasteiger partial charge in [0.05, 0.1) is 6.61 Å². The smallest absolute Gasteiger partial charge is 0.0881 e. The summed E-state index contributed by atoms with van der Waals surface area (Å²) in [4.78, 5) is 4.78. The van der Waals surface area contributed by atoms with E-state index in [1.165, 1.54) is 64.2 Å². The lowest BCUT2D eigenvalue weighted by molar-refractivity contribution is -0.493. The molecule has 3 heteroatoms. The van der Waals surface area contributed by atoms with Crippen LogP contribution >= 0.6 is 0 Å². The molecule has 0 aliphatic rings. The number of rotatable bonds is 15. The van der Waals surface area contributed by atoms with Gasteiger partial charge in [-0.25, -0.2) is 10.1 Å². The summed E-state index contributed by atoms with van der Waals surface area (Å²) < 4.78 is 0. The minimum atomic E-state index is 0.477. The number of hydrogen-bond acceptors (Lipinski definition) is 3. The molecular formula is C19H40O3. The van der Waals surface area contributed by atoms with Gasteiger partial charge in [0.1, 0.15) is 0 Å². The van der Waals surface area contributed by atoms with Crippen molar-refractivity contribution in [2.24, 2.45) is 17.3 Å². The van der Waals surface area contributed by atoms with E-state index in [0.29, 0.717) is 17.9 Å². The standard InChI is InChI=1S/C19H40O3/c1-6-10-17(3)12-13-18(16-21-22-20)11-8-9-15-19(4,5)14-7-2/h17-18,20H,6-16H2,1-5H3/t17-,18-/m0/s1. The lowest BCUT2D eigenvalue weighted by Crippen LogP contribution is -2.13. The molecule has 1 N–H and O–H groups in total. The highest BCUT2D eigenvalue weighted by Gasteiger charge is 2.17.